The molecule has 0 unspecified atom stereocenters. The van der Waals surface area contributed by atoms with Crippen molar-refractivity contribution in [2.45, 2.75) is 52.3 Å². The van der Waals surface area contributed by atoms with E-state index in [1.54, 1.807) is 11.3 Å². The molecule has 0 spiro atoms. The molecule has 1 heterocycles. The molecule has 0 amide bonds. The van der Waals surface area contributed by atoms with Gasteiger partial charge in [-0.05, 0) is 11.7 Å². The molecule has 4 heteroatoms. The van der Waals surface area contributed by atoms with Gasteiger partial charge in [-0.15, -0.1) is 11.3 Å². The number of nitrogens with zero attached hydrogens (tertiary/aromatic N) is 1. The highest BCUT2D eigenvalue weighted by Crippen LogP contribution is 2.31. The molecule has 2 nitrogen and oxygen atoms in total. The fourth-order valence-electron chi connectivity index (χ4n) is 1.57. The Morgan fingerprint density at radius 2 is 2.00 bits per heavy atom. The zero-order valence-corrected chi connectivity index (χ0v) is 13.2. The Morgan fingerprint density at radius 3 is 2.41 bits per heavy atom. The second-order valence-electron chi connectivity index (χ2n) is 5.74. The lowest BCUT2D eigenvalue weighted by atomic mass is 9.91. The topological polar surface area (TPSA) is 38.9 Å². The minimum atomic E-state index is 0.103. The number of thioether (sulfide) groups is 1. The van der Waals surface area contributed by atoms with Crippen LogP contribution in [0.25, 0.3) is 0 Å². The van der Waals surface area contributed by atoms with Crippen molar-refractivity contribution in [1.82, 2.24) is 4.98 Å². The number of aromatic nitrogens is 1. The maximum atomic E-state index is 5.80. The number of hydrogen-bond donors (Lipinski definition) is 1. The Balaban J connectivity index is 2.72. The van der Waals surface area contributed by atoms with Gasteiger partial charge in [0.1, 0.15) is 5.01 Å². The van der Waals surface area contributed by atoms with Gasteiger partial charge in [0.2, 0.25) is 0 Å². The molecule has 0 aliphatic rings. The van der Waals surface area contributed by atoms with Crippen LogP contribution in [-0.4, -0.2) is 10.7 Å². The second-order valence-corrected chi connectivity index (χ2v) is 7.94. The molecule has 17 heavy (non-hydrogen) atoms. The lowest BCUT2D eigenvalue weighted by Crippen LogP contribution is -2.15. The van der Waals surface area contributed by atoms with Crippen molar-refractivity contribution in [3.8, 4) is 0 Å². The third-order valence-electron chi connectivity index (χ3n) is 2.31. The molecule has 0 aromatic carbocycles. The number of rotatable bonds is 5. The fourth-order valence-corrected chi connectivity index (χ4v) is 3.84. The van der Waals surface area contributed by atoms with E-state index in [0.717, 1.165) is 11.7 Å². The van der Waals surface area contributed by atoms with Crippen LogP contribution in [0.1, 0.15) is 50.2 Å². The van der Waals surface area contributed by atoms with E-state index in [1.807, 2.05) is 11.8 Å². The van der Waals surface area contributed by atoms with Crippen LogP contribution in [0.4, 0.5) is 0 Å². The smallest absolute Gasteiger partial charge is 0.103 e. The zero-order valence-electron chi connectivity index (χ0n) is 11.5. The summed E-state index contributed by atoms with van der Waals surface area (Å²) in [5.41, 5.74) is 7.09. The predicted octanol–water partition coefficient (Wildman–Crippen LogP) is 3.79. The van der Waals surface area contributed by atoms with Gasteiger partial charge in [0, 0.05) is 22.6 Å². The summed E-state index contributed by atoms with van der Waals surface area (Å²) in [4.78, 5) is 6.01. The second kappa shape index (κ2) is 6.21. The molecule has 1 aromatic heterocycles. The molecule has 0 saturated heterocycles. The van der Waals surface area contributed by atoms with Crippen LogP contribution >= 0.6 is 23.1 Å². The molecule has 98 valence electrons. The first kappa shape index (κ1) is 15.0. The highest BCUT2D eigenvalue weighted by atomic mass is 32.2. The van der Waals surface area contributed by atoms with Gasteiger partial charge in [-0.3, -0.25) is 0 Å². The summed E-state index contributed by atoms with van der Waals surface area (Å²) < 4.78 is 0. The molecule has 1 rings (SSSR count). The Hall–Kier alpha value is -0.0600. The molecule has 0 radical (unpaired) electrons. The van der Waals surface area contributed by atoms with Crippen LogP contribution in [0.3, 0.4) is 0 Å². The van der Waals surface area contributed by atoms with Gasteiger partial charge in [0.05, 0.1) is 5.69 Å². The summed E-state index contributed by atoms with van der Waals surface area (Å²) in [6, 6.07) is 0. The highest BCUT2D eigenvalue weighted by Gasteiger charge is 2.22. The third kappa shape index (κ3) is 4.60. The first-order valence-corrected chi connectivity index (χ1v) is 8.08. The predicted molar refractivity (Wildman–Crippen MR) is 79.7 cm³/mol. The lowest BCUT2D eigenvalue weighted by Gasteiger charge is -2.16. The average molecular weight is 272 g/mol. The van der Waals surface area contributed by atoms with Crippen molar-refractivity contribution in [2.75, 3.05) is 5.75 Å². The van der Waals surface area contributed by atoms with Gasteiger partial charge < -0.3 is 5.73 Å². The molecule has 0 atom stereocenters. The average Bonchev–Trinajstić information content (AvgIpc) is 2.60. The molecular weight excluding hydrogens is 248 g/mol. The normalized spacial score (nSPS) is 12.4. The standard InChI is InChI=1S/C13H24N2S2/c1-9(2)7-16-8-11-15-12(13(3,4)5)10(6-14)17-11/h9H,6-8,14H2,1-5H3. The van der Waals surface area contributed by atoms with Gasteiger partial charge in [0.15, 0.2) is 0 Å². The summed E-state index contributed by atoms with van der Waals surface area (Å²) in [5, 5.41) is 1.22. The molecule has 0 fully saturated rings. The molecule has 0 aliphatic heterocycles. The van der Waals surface area contributed by atoms with E-state index in [2.05, 4.69) is 34.6 Å². The van der Waals surface area contributed by atoms with Gasteiger partial charge >= 0.3 is 0 Å². The summed E-state index contributed by atoms with van der Waals surface area (Å²) in [6.07, 6.45) is 0. The van der Waals surface area contributed by atoms with E-state index in [9.17, 15) is 0 Å². The molecule has 2 N–H and O–H groups in total. The number of hydrogen-bond acceptors (Lipinski definition) is 4. The van der Waals surface area contributed by atoms with E-state index < -0.39 is 0 Å². The van der Waals surface area contributed by atoms with E-state index in [-0.39, 0.29) is 5.41 Å². The Kier molecular flexibility index (Phi) is 5.48. The van der Waals surface area contributed by atoms with Crippen molar-refractivity contribution >= 4 is 23.1 Å². The SMILES string of the molecule is CC(C)CSCc1nc(C(C)(C)C)c(CN)s1. The Bertz CT molecular complexity index is 351. The van der Waals surface area contributed by atoms with Crippen LogP contribution in [0.2, 0.25) is 0 Å². The zero-order chi connectivity index (χ0) is 13.1. The quantitative estimate of drug-likeness (QED) is 0.886. The van der Waals surface area contributed by atoms with Crippen LogP contribution in [-0.2, 0) is 17.7 Å². The Labute approximate surface area is 113 Å². The van der Waals surface area contributed by atoms with E-state index in [4.69, 9.17) is 10.7 Å². The summed E-state index contributed by atoms with van der Waals surface area (Å²) in [6.45, 7) is 11.7. The molecule has 0 saturated carbocycles. The van der Waals surface area contributed by atoms with Crippen molar-refractivity contribution in [3.05, 3.63) is 15.6 Å². The molecule has 0 bridgehead atoms. The van der Waals surface area contributed by atoms with E-state index in [1.165, 1.54) is 21.3 Å². The molecular formula is C13H24N2S2. The number of thiazole rings is 1. The minimum absolute atomic E-state index is 0.103. The summed E-state index contributed by atoms with van der Waals surface area (Å²) in [7, 11) is 0. The maximum absolute atomic E-state index is 5.80. The molecule has 0 aliphatic carbocycles. The largest absolute Gasteiger partial charge is 0.326 e. The van der Waals surface area contributed by atoms with Crippen molar-refractivity contribution in [3.63, 3.8) is 0 Å². The Morgan fingerprint density at radius 1 is 1.35 bits per heavy atom. The number of nitrogens with two attached hydrogens (primary N) is 1. The van der Waals surface area contributed by atoms with E-state index in [0.29, 0.717) is 6.54 Å². The van der Waals surface area contributed by atoms with Crippen LogP contribution in [0.5, 0.6) is 0 Å². The van der Waals surface area contributed by atoms with Crippen molar-refractivity contribution < 1.29 is 0 Å². The van der Waals surface area contributed by atoms with Crippen molar-refractivity contribution in [1.29, 1.82) is 0 Å². The lowest BCUT2D eigenvalue weighted by molar-refractivity contribution is 0.565. The van der Waals surface area contributed by atoms with Gasteiger partial charge in [-0.2, -0.15) is 11.8 Å². The fraction of sp³-hybridized carbons (Fsp3) is 0.769. The maximum Gasteiger partial charge on any atom is 0.103 e. The highest BCUT2D eigenvalue weighted by molar-refractivity contribution is 7.98. The molecule has 1 aromatic rings. The van der Waals surface area contributed by atoms with E-state index >= 15 is 0 Å². The van der Waals surface area contributed by atoms with Gasteiger partial charge in [-0.1, -0.05) is 34.6 Å². The minimum Gasteiger partial charge on any atom is -0.326 e. The monoisotopic (exact) mass is 272 g/mol. The first-order chi connectivity index (χ1) is 7.84. The summed E-state index contributed by atoms with van der Waals surface area (Å²) in [5.74, 6) is 2.96. The van der Waals surface area contributed by atoms with Crippen molar-refractivity contribution in [2.24, 2.45) is 11.7 Å². The summed E-state index contributed by atoms with van der Waals surface area (Å²) >= 11 is 3.75. The van der Waals surface area contributed by atoms with Crippen LogP contribution in [0.15, 0.2) is 0 Å². The first-order valence-electron chi connectivity index (χ1n) is 6.11. The third-order valence-corrected chi connectivity index (χ3v) is 4.95. The van der Waals surface area contributed by atoms with Crippen LogP contribution < -0.4 is 5.73 Å². The van der Waals surface area contributed by atoms with Gasteiger partial charge in [0.25, 0.3) is 0 Å². The van der Waals surface area contributed by atoms with Crippen LogP contribution in [0, 0.1) is 5.92 Å². The van der Waals surface area contributed by atoms with Gasteiger partial charge in [-0.25, -0.2) is 4.98 Å².